The maximum Gasteiger partial charge on any atom is 0.371 e. The smallest absolute Gasteiger partial charge is 0.371 e. The van der Waals surface area contributed by atoms with Gasteiger partial charge in [0.05, 0.1) is 6.54 Å². The van der Waals surface area contributed by atoms with E-state index in [-0.39, 0.29) is 18.2 Å². The van der Waals surface area contributed by atoms with Gasteiger partial charge in [0.2, 0.25) is 5.76 Å². The van der Waals surface area contributed by atoms with Gasteiger partial charge in [-0.05, 0) is 49.7 Å². The molecule has 23 heavy (non-hydrogen) atoms. The van der Waals surface area contributed by atoms with Crippen LogP contribution < -0.4 is 10.1 Å². The lowest BCUT2D eigenvalue weighted by atomic mass is 10.2. The molecule has 2 rings (SSSR count). The fraction of sp³-hybridized carbons (Fsp3) is 0.250. The Hall–Kier alpha value is -2.47. The summed E-state index contributed by atoms with van der Waals surface area (Å²) in [5.74, 6) is -0.774. The zero-order valence-electron chi connectivity index (χ0n) is 12.6. The van der Waals surface area contributed by atoms with Crippen LogP contribution in [0.3, 0.4) is 0 Å². The van der Waals surface area contributed by atoms with Crippen molar-refractivity contribution in [1.82, 2.24) is 5.32 Å². The van der Waals surface area contributed by atoms with Crippen molar-refractivity contribution < 1.29 is 23.8 Å². The molecule has 6 nitrogen and oxygen atoms in total. The van der Waals surface area contributed by atoms with E-state index >= 15 is 0 Å². The number of hydrogen-bond donors (Lipinski definition) is 2. The highest BCUT2D eigenvalue weighted by atomic mass is 35.5. The summed E-state index contributed by atoms with van der Waals surface area (Å²) >= 11 is 5.93. The zero-order chi connectivity index (χ0) is 17.0. The molecule has 0 radical (unpaired) electrons. The van der Waals surface area contributed by atoms with Crippen LogP contribution in [0.25, 0.3) is 0 Å². The summed E-state index contributed by atoms with van der Waals surface area (Å²) in [6.07, 6.45) is -0.718. The quantitative estimate of drug-likeness (QED) is 0.845. The van der Waals surface area contributed by atoms with Gasteiger partial charge in [0.1, 0.15) is 11.5 Å². The number of halogens is 1. The van der Waals surface area contributed by atoms with Crippen LogP contribution in [0.1, 0.15) is 28.8 Å². The molecule has 0 fully saturated rings. The summed E-state index contributed by atoms with van der Waals surface area (Å²) in [5.41, 5.74) is 0.855. The zero-order valence-corrected chi connectivity index (χ0v) is 13.4. The number of carbonyl (C=O) groups is 2. The third-order valence-corrected chi connectivity index (χ3v) is 3.54. The van der Waals surface area contributed by atoms with Crippen LogP contribution in [0.5, 0.6) is 5.75 Å². The van der Waals surface area contributed by atoms with Crippen molar-refractivity contribution >= 4 is 23.5 Å². The van der Waals surface area contributed by atoms with E-state index in [1.54, 1.807) is 25.1 Å². The predicted octanol–water partition coefficient (Wildman–Crippen LogP) is 3.02. The van der Waals surface area contributed by atoms with Crippen LogP contribution >= 0.6 is 11.6 Å². The highest BCUT2D eigenvalue weighted by Crippen LogP contribution is 2.21. The highest BCUT2D eigenvalue weighted by Gasteiger charge is 2.16. The van der Waals surface area contributed by atoms with Gasteiger partial charge in [-0.1, -0.05) is 11.6 Å². The molecule has 1 aromatic carbocycles. The molecule has 2 aromatic rings. The molecule has 7 heteroatoms. The second-order valence-electron chi connectivity index (χ2n) is 4.96. The van der Waals surface area contributed by atoms with Crippen LogP contribution in [-0.4, -0.2) is 23.1 Å². The molecular weight excluding hydrogens is 322 g/mol. The molecule has 1 amide bonds. The van der Waals surface area contributed by atoms with Crippen molar-refractivity contribution in [3.63, 3.8) is 0 Å². The van der Waals surface area contributed by atoms with Crippen LogP contribution in [0.2, 0.25) is 5.02 Å². The van der Waals surface area contributed by atoms with Gasteiger partial charge >= 0.3 is 5.97 Å². The first kappa shape index (κ1) is 16.9. The van der Waals surface area contributed by atoms with Gasteiger partial charge in [-0.3, -0.25) is 4.79 Å². The molecule has 1 heterocycles. The SMILES string of the molecule is Cc1cc(OC(C)C(=O)NCc2ccc(C(=O)O)o2)ccc1Cl. The van der Waals surface area contributed by atoms with Crippen molar-refractivity contribution in [1.29, 1.82) is 0 Å². The molecular formula is C16H16ClNO5. The molecule has 0 aliphatic carbocycles. The molecule has 1 aromatic heterocycles. The molecule has 0 aliphatic heterocycles. The number of carbonyl (C=O) groups excluding carboxylic acids is 1. The minimum atomic E-state index is -1.16. The standard InChI is InChI=1S/C16H16ClNO5/c1-9-7-11(3-5-13(9)17)22-10(2)15(19)18-8-12-4-6-14(23-12)16(20)21/h3-7,10H,8H2,1-2H3,(H,18,19)(H,20,21). The average molecular weight is 338 g/mol. The van der Waals surface area contributed by atoms with Gasteiger partial charge in [0.25, 0.3) is 5.91 Å². The molecule has 0 saturated carbocycles. The Kier molecular flexibility index (Phi) is 5.28. The van der Waals surface area contributed by atoms with Gasteiger partial charge in [0, 0.05) is 5.02 Å². The number of ether oxygens (including phenoxy) is 1. The van der Waals surface area contributed by atoms with Crippen molar-refractivity contribution in [2.45, 2.75) is 26.5 Å². The van der Waals surface area contributed by atoms with Crippen LogP contribution in [0, 0.1) is 6.92 Å². The largest absolute Gasteiger partial charge is 0.481 e. The summed E-state index contributed by atoms with van der Waals surface area (Å²) in [6, 6.07) is 7.97. The number of hydrogen-bond acceptors (Lipinski definition) is 4. The number of amides is 1. The lowest BCUT2D eigenvalue weighted by Gasteiger charge is -2.15. The summed E-state index contributed by atoms with van der Waals surface area (Å²) in [7, 11) is 0. The molecule has 0 saturated heterocycles. The summed E-state index contributed by atoms with van der Waals surface area (Å²) < 4.78 is 10.6. The Morgan fingerprint density at radius 3 is 2.70 bits per heavy atom. The minimum Gasteiger partial charge on any atom is -0.481 e. The first-order valence-electron chi connectivity index (χ1n) is 6.89. The second kappa shape index (κ2) is 7.19. The number of carboxylic acid groups (broad SMARTS) is 1. The Morgan fingerprint density at radius 1 is 1.35 bits per heavy atom. The summed E-state index contributed by atoms with van der Waals surface area (Å²) in [6.45, 7) is 3.54. The van der Waals surface area contributed by atoms with Crippen molar-refractivity contribution in [2.24, 2.45) is 0 Å². The number of carboxylic acids is 1. The normalized spacial score (nSPS) is 11.8. The van der Waals surface area contributed by atoms with E-state index in [0.29, 0.717) is 16.5 Å². The Bertz CT molecular complexity index is 725. The maximum absolute atomic E-state index is 12.0. The van der Waals surface area contributed by atoms with E-state index in [2.05, 4.69) is 5.32 Å². The summed E-state index contributed by atoms with van der Waals surface area (Å²) in [4.78, 5) is 22.7. The number of aryl methyl sites for hydroxylation is 1. The van der Waals surface area contributed by atoms with Crippen molar-refractivity contribution in [3.8, 4) is 5.75 Å². The van der Waals surface area contributed by atoms with Gasteiger partial charge in [0.15, 0.2) is 6.10 Å². The lowest BCUT2D eigenvalue weighted by molar-refractivity contribution is -0.127. The maximum atomic E-state index is 12.0. The van der Waals surface area contributed by atoms with E-state index in [9.17, 15) is 9.59 Å². The van der Waals surface area contributed by atoms with Gasteiger partial charge < -0.3 is 19.6 Å². The minimum absolute atomic E-state index is 0.0828. The van der Waals surface area contributed by atoms with E-state index < -0.39 is 12.1 Å². The topological polar surface area (TPSA) is 88.8 Å². The number of nitrogens with one attached hydrogen (secondary N) is 1. The van der Waals surface area contributed by atoms with E-state index in [0.717, 1.165) is 5.56 Å². The Labute approximate surface area is 138 Å². The van der Waals surface area contributed by atoms with E-state index in [1.165, 1.54) is 12.1 Å². The van der Waals surface area contributed by atoms with E-state index in [4.69, 9.17) is 25.9 Å². The molecule has 122 valence electrons. The Morgan fingerprint density at radius 2 is 2.09 bits per heavy atom. The first-order chi connectivity index (χ1) is 10.9. The monoisotopic (exact) mass is 337 g/mol. The number of benzene rings is 1. The van der Waals surface area contributed by atoms with Crippen molar-refractivity contribution in [3.05, 3.63) is 52.4 Å². The summed E-state index contributed by atoms with van der Waals surface area (Å²) in [5, 5.41) is 12.0. The van der Waals surface area contributed by atoms with Gasteiger partial charge in [-0.2, -0.15) is 0 Å². The fourth-order valence-corrected chi connectivity index (χ4v) is 1.97. The van der Waals surface area contributed by atoms with Crippen molar-refractivity contribution in [2.75, 3.05) is 0 Å². The third-order valence-electron chi connectivity index (χ3n) is 3.12. The third kappa shape index (κ3) is 4.50. The fourth-order valence-electron chi connectivity index (χ4n) is 1.85. The highest BCUT2D eigenvalue weighted by molar-refractivity contribution is 6.31. The van der Waals surface area contributed by atoms with Gasteiger partial charge in [-0.25, -0.2) is 4.79 Å². The first-order valence-corrected chi connectivity index (χ1v) is 7.27. The number of rotatable bonds is 6. The average Bonchev–Trinajstić information content (AvgIpc) is 2.97. The molecule has 1 unspecified atom stereocenters. The lowest BCUT2D eigenvalue weighted by Crippen LogP contribution is -2.35. The molecule has 0 aliphatic rings. The molecule has 2 N–H and O–H groups in total. The molecule has 0 bridgehead atoms. The second-order valence-corrected chi connectivity index (χ2v) is 5.37. The molecule has 1 atom stereocenters. The van der Waals surface area contributed by atoms with E-state index in [1.807, 2.05) is 6.92 Å². The van der Waals surface area contributed by atoms with Gasteiger partial charge in [-0.15, -0.1) is 0 Å². The van der Waals surface area contributed by atoms with Crippen LogP contribution in [0.15, 0.2) is 34.7 Å². The molecule has 0 spiro atoms. The number of aromatic carboxylic acids is 1. The van der Waals surface area contributed by atoms with Crippen LogP contribution in [-0.2, 0) is 11.3 Å². The Balaban J connectivity index is 1.89. The van der Waals surface area contributed by atoms with Crippen LogP contribution in [0.4, 0.5) is 0 Å². The predicted molar refractivity (Wildman–Crippen MR) is 83.8 cm³/mol. The number of furan rings is 1.